The number of hydrogen-bond acceptors (Lipinski definition) is 6. The minimum absolute atomic E-state index is 0.181. The molecule has 0 saturated heterocycles. The van der Waals surface area contributed by atoms with Gasteiger partial charge in [0.25, 0.3) is 5.91 Å². The van der Waals surface area contributed by atoms with Gasteiger partial charge >= 0.3 is 0 Å². The molecule has 0 bridgehead atoms. The molecule has 0 atom stereocenters. The summed E-state index contributed by atoms with van der Waals surface area (Å²) >= 11 is 1.42. The zero-order valence-electron chi connectivity index (χ0n) is 14.4. The number of anilines is 2. The molecule has 0 unspecified atom stereocenters. The fourth-order valence-electron chi connectivity index (χ4n) is 2.36. The van der Waals surface area contributed by atoms with E-state index in [0.717, 1.165) is 16.0 Å². The summed E-state index contributed by atoms with van der Waals surface area (Å²) < 4.78 is 6.47. The molecule has 7 heteroatoms. The summed E-state index contributed by atoms with van der Waals surface area (Å²) in [6.07, 6.45) is 1.66. The maximum absolute atomic E-state index is 12.6. The van der Waals surface area contributed by atoms with E-state index >= 15 is 0 Å². The highest BCUT2D eigenvalue weighted by molar-refractivity contribution is 7.22. The van der Waals surface area contributed by atoms with Crippen molar-refractivity contribution < 1.29 is 9.53 Å². The summed E-state index contributed by atoms with van der Waals surface area (Å²) in [6.45, 7) is 6.56. The van der Waals surface area contributed by atoms with Crippen LogP contribution in [0, 0.1) is 0 Å². The number of rotatable bonds is 6. The minimum atomic E-state index is -0.236. The summed E-state index contributed by atoms with van der Waals surface area (Å²) in [7, 11) is 0. The smallest absolute Gasteiger partial charge is 0.261 e. The number of carbonyl (C=O) groups excluding carboxylic acids is 1. The van der Waals surface area contributed by atoms with Gasteiger partial charge in [0.2, 0.25) is 0 Å². The third kappa shape index (κ3) is 4.06. The Morgan fingerprint density at radius 1 is 1.32 bits per heavy atom. The van der Waals surface area contributed by atoms with E-state index in [1.807, 2.05) is 39.0 Å². The molecule has 2 aromatic heterocycles. The average Bonchev–Trinajstić information content (AvgIpc) is 2.96. The van der Waals surface area contributed by atoms with Gasteiger partial charge in [0, 0.05) is 12.2 Å². The largest absolute Gasteiger partial charge is 0.494 e. The van der Waals surface area contributed by atoms with Crippen molar-refractivity contribution in [3.05, 3.63) is 42.1 Å². The molecule has 0 spiro atoms. The van der Waals surface area contributed by atoms with Gasteiger partial charge in [-0.05, 0) is 51.1 Å². The number of pyridine rings is 1. The Hall–Kier alpha value is -2.67. The summed E-state index contributed by atoms with van der Waals surface area (Å²) in [6, 6.07) is 9.37. The molecule has 0 fully saturated rings. The van der Waals surface area contributed by atoms with E-state index in [1.165, 1.54) is 11.3 Å². The Morgan fingerprint density at radius 2 is 2.16 bits per heavy atom. The van der Waals surface area contributed by atoms with Crippen molar-refractivity contribution in [1.82, 2.24) is 9.97 Å². The topological polar surface area (TPSA) is 76.1 Å². The lowest BCUT2D eigenvalue weighted by Gasteiger charge is -2.12. The molecule has 6 nitrogen and oxygen atoms in total. The molecule has 0 saturated carbocycles. The zero-order chi connectivity index (χ0) is 17.8. The Morgan fingerprint density at radius 3 is 2.92 bits per heavy atom. The molecule has 3 aromatic rings. The molecule has 1 amide bonds. The maximum Gasteiger partial charge on any atom is 0.261 e. The van der Waals surface area contributed by atoms with Crippen molar-refractivity contribution in [2.24, 2.45) is 0 Å². The van der Waals surface area contributed by atoms with Gasteiger partial charge in [0.05, 0.1) is 22.4 Å². The number of hydrogen-bond donors (Lipinski definition) is 2. The standard InChI is InChI=1S/C18H20N4O2S/c1-4-24-12-7-8-14-15(10-12)25-18(21-14)22-17(23)13-6-5-9-19-16(13)20-11(2)3/h5-11H,4H2,1-3H3,(H,19,20)(H,21,22,23). The van der Waals surface area contributed by atoms with Crippen molar-refractivity contribution in [3.8, 4) is 5.75 Å². The molecule has 0 aliphatic rings. The molecular formula is C18H20N4O2S. The number of aromatic nitrogens is 2. The first kappa shape index (κ1) is 17.2. The third-order valence-corrected chi connectivity index (χ3v) is 4.30. The van der Waals surface area contributed by atoms with E-state index in [-0.39, 0.29) is 11.9 Å². The second kappa shape index (κ2) is 7.48. The van der Waals surface area contributed by atoms with Crippen LogP contribution in [0.5, 0.6) is 5.75 Å². The number of carbonyl (C=O) groups is 1. The van der Waals surface area contributed by atoms with E-state index in [0.29, 0.717) is 23.1 Å². The second-order valence-electron chi connectivity index (χ2n) is 5.73. The molecule has 0 aliphatic carbocycles. The lowest BCUT2D eigenvalue weighted by molar-refractivity contribution is 0.102. The lowest BCUT2D eigenvalue weighted by atomic mass is 10.2. The maximum atomic E-state index is 12.6. The highest BCUT2D eigenvalue weighted by Crippen LogP contribution is 2.29. The summed E-state index contributed by atoms with van der Waals surface area (Å²) in [5.41, 5.74) is 1.32. The Bertz CT molecular complexity index is 892. The van der Waals surface area contributed by atoms with Crippen LogP contribution in [0.2, 0.25) is 0 Å². The second-order valence-corrected chi connectivity index (χ2v) is 6.76. The van der Waals surface area contributed by atoms with Crippen molar-refractivity contribution >= 4 is 38.4 Å². The number of ether oxygens (including phenoxy) is 1. The monoisotopic (exact) mass is 356 g/mol. The molecular weight excluding hydrogens is 336 g/mol. The Labute approximate surface area is 150 Å². The van der Waals surface area contributed by atoms with E-state index in [1.54, 1.807) is 18.3 Å². The number of nitrogens with one attached hydrogen (secondary N) is 2. The van der Waals surface area contributed by atoms with E-state index in [9.17, 15) is 4.79 Å². The van der Waals surface area contributed by atoms with Crippen molar-refractivity contribution in [2.75, 3.05) is 17.2 Å². The Balaban J connectivity index is 1.82. The van der Waals surface area contributed by atoms with Crippen LogP contribution in [0.1, 0.15) is 31.1 Å². The van der Waals surface area contributed by atoms with Crippen molar-refractivity contribution in [3.63, 3.8) is 0 Å². The number of amides is 1. The Kier molecular flexibility index (Phi) is 5.14. The van der Waals surface area contributed by atoms with E-state index in [2.05, 4.69) is 20.6 Å². The quantitative estimate of drug-likeness (QED) is 0.693. The molecule has 25 heavy (non-hydrogen) atoms. The predicted molar refractivity (Wildman–Crippen MR) is 102 cm³/mol. The number of thiazole rings is 1. The van der Waals surface area contributed by atoms with Crippen LogP contribution >= 0.6 is 11.3 Å². The molecule has 3 rings (SSSR count). The van der Waals surface area contributed by atoms with E-state index < -0.39 is 0 Å². The van der Waals surface area contributed by atoms with Gasteiger partial charge in [-0.15, -0.1) is 0 Å². The zero-order valence-corrected chi connectivity index (χ0v) is 15.2. The predicted octanol–water partition coefficient (Wildman–Crippen LogP) is 4.16. The summed E-state index contributed by atoms with van der Waals surface area (Å²) in [5, 5.41) is 6.59. The van der Waals surface area contributed by atoms with Crippen molar-refractivity contribution in [2.45, 2.75) is 26.8 Å². The molecule has 2 heterocycles. The summed E-state index contributed by atoms with van der Waals surface area (Å²) in [4.78, 5) is 21.3. The van der Waals surface area contributed by atoms with Gasteiger partial charge in [-0.1, -0.05) is 11.3 Å². The van der Waals surface area contributed by atoms with Gasteiger partial charge < -0.3 is 10.1 Å². The molecule has 130 valence electrons. The molecule has 0 aliphatic heterocycles. The van der Waals surface area contributed by atoms with Gasteiger partial charge in [0.1, 0.15) is 11.6 Å². The first-order chi connectivity index (χ1) is 12.1. The number of benzene rings is 1. The van der Waals surface area contributed by atoms with Crippen molar-refractivity contribution in [1.29, 1.82) is 0 Å². The first-order valence-corrected chi connectivity index (χ1v) is 8.94. The van der Waals surface area contributed by atoms with Crippen LogP contribution in [0.25, 0.3) is 10.2 Å². The van der Waals surface area contributed by atoms with Gasteiger partial charge in [-0.2, -0.15) is 0 Å². The average molecular weight is 356 g/mol. The van der Waals surface area contributed by atoms with Crippen LogP contribution in [-0.2, 0) is 0 Å². The third-order valence-electron chi connectivity index (χ3n) is 3.37. The highest BCUT2D eigenvalue weighted by Gasteiger charge is 2.15. The fraction of sp³-hybridized carbons (Fsp3) is 0.278. The lowest BCUT2D eigenvalue weighted by Crippen LogP contribution is -2.18. The minimum Gasteiger partial charge on any atom is -0.494 e. The summed E-state index contributed by atoms with van der Waals surface area (Å²) in [5.74, 6) is 1.13. The number of fused-ring (bicyclic) bond motifs is 1. The van der Waals surface area contributed by atoms with Crippen LogP contribution in [-0.4, -0.2) is 28.5 Å². The van der Waals surface area contributed by atoms with Crippen LogP contribution < -0.4 is 15.4 Å². The molecule has 1 aromatic carbocycles. The first-order valence-electron chi connectivity index (χ1n) is 8.13. The highest BCUT2D eigenvalue weighted by atomic mass is 32.1. The SMILES string of the molecule is CCOc1ccc2nc(NC(=O)c3cccnc3NC(C)C)sc2c1. The van der Waals surface area contributed by atoms with E-state index in [4.69, 9.17) is 4.74 Å². The normalized spacial score (nSPS) is 10.9. The van der Waals surface area contributed by atoms with Gasteiger partial charge in [-0.3, -0.25) is 10.1 Å². The van der Waals surface area contributed by atoms with Crippen LogP contribution in [0.4, 0.5) is 10.9 Å². The van der Waals surface area contributed by atoms with Gasteiger partial charge in [0.15, 0.2) is 5.13 Å². The van der Waals surface area contributed by atoms with Gasteiger partial charge in [-0.25, -0.2) is 9.97 Å². The molecule has 2 N–H and O–H groups in total. The molecule has 0 radical (unpaired) electrons. The van der Waals surface area contributed by atoms with Crippen LogP contribution in [0.15, 0.2) is 36.5 Å². The van der Waals surface area contributed by atoms with Crippen LogP contribution in [0.3, 0.4) is 0 Å². The fourth-order valence-corrected chi connectivity index (χ4v) is 3.25. The number of nitrogens with zero attached hydrogens (tertiary/aromatic N) is 2.